The van der Waals surface area contributed by atoms with E-state index >= 15 is 0 Å². The van der Waals surface area contributed by atoms with Crippen molar-refractivity contribution in [3.63, 3.8) is 0 Å². The van der Waals surface area contributed by atoms with E-state index in [0.717, 1.165) is 0 Å². The minimum atomic E-state index is -1.38. The predicted molar refractivity (Wildman–Crippen MR) is 76.0 cm³/mol. The topological polar surface area (TPSA) is 110 Å². The van der Waals surface area contributed by atoms with Gasteiger partial charge in [-0.2, -0.15) is 0 Å². The van der Waals surface area contributed by atoms with Crippen LogP contribution < -0.4 is 40.0 Å². The molecule has 0 spiro atoms. The van der Waals surface area contributed by atoms with E-state index in [-0.39, 0.29) is 64.3 Å². The third-order valence-corrected chi connectivity index (χ3v) is 6.02. The number of amides is 2. The van der Waals surface area contributed by atoms with Gasteiger partial charge in [-0.1, -0.05) is 6.92 Å². The van der Waals surface area contributed by atoms with E-state index in [1.54, 1.807) is 0 Å². The van der Waals surface area contributed by atoms with Gasteiger partial charge in [-0.15, -0.1) is 11.8 Å². The standard InChI is InChI=1S/C14H18N2O5S.Na/c1-5-10-9(6(2)17)13(19)16(10)11(14(20)21)12(5)22-7-3-8(18)15-4-7;/h5-7,9-10,17H,3-4H2,1-2H3,(H,15,18)(H,20,21);/q;+1/p-1/t5?,6?,7?,9?,10-;/m0./s1. The Kier molecular flexibility index (Phi) is 5.52. The molecule has 0 radical (unpaired) electrons. The molecule has 5 atom stereocenters. The van der Waals surface area contributed by atoms with E-state index in [1.807, 2.05) is 6.92 Å². The quantitative estimate of drug-likeness (QED) is 0.391. The van der Waals surface area contributed by atoms with Gasteiger partial charge in [0, 0.05) is 29.0 Å². The molecule has 0 aromatic heterocycles. The first kappa shape index (κ1) is 18.8. The Hall–Kier alpha value is -0.540. The number of nitrogens with one attached hydrogen (secondary N) is 1. The van der Waals surface area contributed by atoms with Gasteiger partial charge < -0.3 is 25.2 Å². The molecule has 3 heterocycles. The molecule has 3 aliphatic rings. The number of carboxylic acids is 1. The molecular weight excluding hydrogens is 331 g/mol. The Bertz CT molecular complexity index is 594. The van der Waals surface area contributed by atoms with Crippen LogP contribution in [0.15, 0.2) is 10.6 Å². The predicted octanol–water partition coefficient (Wildman–Crippen LogP) is -4.57. The average Bonchev–Trinajstić information content (AvgIpc) is 2.92. The van der Waals surface area contributed by atoms with Crippen molar-refractivity contribution in [3.05, 3.63) is 10.6 Å². The van der Waals surface area contributed by atoms with Crippen LogP contribution in [0, 0.1) is 11.8 Å². The number of carbonyl (C=O) groups is 3. The Morgan fingerprint density at radius 3 is 2.61 bits per heavy atom. The molecule has 4 unspecified atom stereocenters. The van der Waals surface area contributed by atoms with Gasteiger partial charge in [0.05, 0.1) is 29.7 Å². The van der Waals surface area contributed by atoms with Gasteiger partial charge in [0.2, 0.25) is 11.8 Å². The van der Waals surface area contributed by atoms with Crippen molar-refractivity contribution in [1.82, 2.24) is 10.2 Å². The number of carbonyl (C=O) groups excluding carboxylic acids is 3. The van der Waals surface area contributed by atoms with Gasteiger partial charge in [-0.05, 0) is 6.92 Å². The third kappa shape index (κ3) is 2.95. The molecule has 23 heavy (non-hydrogen) atoms. The summed E-state index contributed by atoms with van der Waals surface area (Å²) >= 11 is 1.33. The van der Waals surface area contributed by atoms with E-state index in [1.165, 1.54) is 23.6 Å². The fourth-order valence-corrected chi connectivity index (χ4v) is 4.92. The van der Waals surface area contributed by atoms with Crippen LogP contribution in [0.3, 0.4) is 0 Å². The van der Waals surface area contributed by atoms with Crippen LogP contribution in [0.5, 0.6) is 0 Å². The molecule has 0 aromatic carbocycles. The number of aliphatic hydroxyl groups is 1. The Labute approximate surface area is 160 Å². The maximum absolute atomic E-state index is 12.1. The monoisotopic (exact) mass is 348 g/mol. The number of β-lactam (4-membered cyclic amide) rings is 1. The molecule has 3 aliphatic heterocycles. The summed E-state index contributed by atoms with van der Waals surface area (Å²) in [6.45, 7) is 3.87. The second kappa shape index (κ2) is 6.76. The zero-order valence-electron chi connectivity index (χ0n) is 13.2. The minimum absolute atomic E-state index is 0. The van der Waals surface area contributed by atoms with Crippen molar-refractivity contribution < 1.29 is 54.2 Å². The summed E-state index contributed by atoms with van der Waals surface area (Å²) in [7, 11) is 0. The molecule has 0 bridgehead atoms. The van der Waals surface area contributed by atoms with Crippen LogP contribution in [-0.2, 0) is 14.4 Å². The van der Waals surface area contributed by atoms with Gasteiger partial charge in [0.1, 0.15) is 0 Å². The van der Waals surface area contributed by atoms with Crippen molar-refractivity contribution >= 4 is 29.5 Å². The minimum Gasteiger partial charge on any atom is -0.543 e. The molecule has 2 fully saturated rings. The molecule has 2 amide bonds. The van der Waals surface area contributed by atoms with E-state index in [9.17, 15) is 24.6 Å². The summed E-state index contributed by atoms with van der Waals surface area (Å²) < 4.78 is 0. The number of fused-ring (bicyclic) bond motifs is 1. The number of carboxylic acid groups (broad SMARTS) is 1. The van der Waals surface area contributed by atoms with E-state index in [2.05, 4.69) is 5.32 Å². The summed E-state index contributed by atoms with van der Waals surface area (Å²) in [5.41, 5.74) is -0.0938. The smallest absolute Gasteiger partial charge is 0.543 e. The molecule has 9 heteroatoms. The van der Waals surface area contributed by atoms with Crippen molar-refractivity contribution in [2.45, 2.75) is 37.7 Å². The zero-order chi connectivity index (χ0) is 16.2. The van der Waals surface area contributed by atoms with Crippen LogP contribution in [0.25, 0.3) is 0 Å². The number of aliphatic carboxylic acids is 1. The number of rotatable bonds is 4. The summed E-state index contributed by atoms with van der Waals surface area (Å²) in [5.74, 6) is -2.58. The van der Waals surface area contributed by atoms with Gasteiger partial charge in [0.15, 0.2) is 0 Å². The van der Waals surface area contributed by atoms with Crippen LogP contribution in [0.2, 0.25) is 0 Å². The maximum Gasteiger partial charge on any atom is 1.00 e. The first-order chi connectivity index (χ1) is 10.3. The average molecular weight is 348 g/mol. The fourth-order valence-electron chi connectivity index (χ4n) is 3.51. The summed E-state index contributed by atoms with van der Waals surface area (Å²) in [6.07, 6.45) is -0.488. The van der Waals surface area contributed by atoms with Crippen molar-refractivity contribution in [1.29, 1.82) is 0 Å². The maximum atomic E-state index is 12.1. The number of aliphatic hydroxyl groups excluding tert-OH is 1. The molecule has 120 valence electrons. The Morgan fingerprint density at radius 2 is 2.13 bits per heavy atom. The number of thioether (sulfide) groups is 1. The van der Waals surface area contributed by atoms with Crippen molar-refractivity contribution in [2.24, 2.45) is 11.8 Å². The first-order valence-corrected chi connectivity index (χ1v) is 8.11. The van der Waals surface area contributed by atoms with Crippen molar-refractivity contribution in [2.75, 3.05) is 6.54 Å². The molecule has 0 aliphatic carbocycles. The molecule has 2 N–H and O–H groups in total. The van der Waals surface area contributed by atoms with Gasteiger partial charge in [-0.3, -0.25) is 9.59 Å². The third-order valence-electron chi connectivity index (χ3n) is 4.54. The van der Waals surface area contributed by atoms with Crippen LogP contribution in [-0.4, -0.2) is 51.7 Å². The Balaban J connectivity index is 0.00000192. The van der Waals surface area contributed by atoms with Gasteiger partial charge >= 0.3 is 29.6 Å². The normalized spacial score (nSPS) is 33.8. The largest absolute Gasteiger partial charge is 1.00 e. The van der Waals surface area contributed by atoms with Crippen LogP contribution in [0.4, 0.5) is 0 Å². The van der Waals surface area contributed by atoms with E-state index < -0.39 is 18.0 Å². The number of hydrogen-bond acceptors (Lipinski definition) is 6. The molecule has 0 saturated carbocycles. The fraction of sp³-hybridized carbons (Fsp3) is 0.643. The van der Waals surface area contributed by atoms with Gasteiger partial charge in [-0.25, -0.2) is 0 Å². The van der Waals surface area contributed by atoms with Crippen molar-refractivity contribution in [3.8, 4) is 0 Å². The molecule has 3 rings (SSSR count). The van der Waals surface area contributed by atoms with E-state index in [0.29, 0.717) is 17.9 Å². The molecule has 0 aromatic rings. The van der Waals surface area contributed by atoms with Crippen LogP contribution in [0.1, 0.15) is 20.3 Å². The second-order valence-electron chi connectivity index (χ2n) is 6.00. The molecule has 7 nitrogen and oxygen atoms in total. The van der Waals surface area contributed by atoms with E-state index in [4.69, 9.17) is 0 Å². The summed E-state index contributed by atoms with van der Waals surface area (Å²) in [5, 5.41) is 23.9. The second-order valence-corrected chi connectivity index (χ2v) is 7.34. The SMILES string of the molecule is CC(O)C1C(=O)N2C(C(=O)[O-])=C(SC3CNC(=O)C3)C(C)[C@@H]12.[Na+]. The molecular formula is C14H17N2NaO5S. The number of nitrogens with zero attached hydrogens (tertiary/aromatic N) is 1. The Morgan fingerprint density at radius 1 is 1.48 bits per heavy atom. The zero-order valence-corrected chi connectivity index (χ0v) is 16.1. The summed E-state index contributed by atoms with van der Waals surface area (Å²) in [6, 6.07) is -0.340. The summed E-state index contributed by atoms with van der Waals surface area (Å²) in [4.78, 5) is 36.7. The van der Waals surface area contributed by atoms with Gasteiger partial charge in [0.25, 0.3) is 0 Å². The molecule has 2 saturated heterocycles. The van der Waals surface area contributed by atoms with Crippen LogP contribution >= 0.6 is 11.8 Å². The number of hydrogen-bond donors (Lipinski definition) is 2. The first-order valence-electron chi connectivity index (χ1n) is 7.23.